The Morgan fingerprint density at radius 2 is 1.47 bits per heavy atom. The fourth-order valence-electron chi connectivity index (χ4n) is 4.41. The van der Waals surface area contributed by atoms with Crippen LogP contribution in [-0.2, 0) is 4.74 Å². The second kappa shape index (κ2) is 15.4. The number of morpholine rings is 1. The minimum absolute atomic E-state index is 0.157. The number of nitrogens with one attached hydrogen (secondary N) is 4. The van der Waals surface area contributed by atoms with E-state index in [0.717, 1.165) is 17.8 Å². The highest BCUT2D eigenvalue weighted by Crippen LogP contribution is 2.20. The zero-order chi connectivity index (χ0) is 31.4. The second-order valence-electron chi connectivity index (χ2n) is 10.6. The van der Waals surface area contributed by atoms with Crippen LogP contribution in [0.15, 0.2) is 78.9 Å². The lowest BCUT2D eigenvalue weighted by Crippen LogP contribution is -2.37. The second-order valence-corrected chi connectivity index (χ2v) is 10.6. The van der Waals surface area contributed by atoms with Crippen LogP contribution < -0.4 is 26.2 Å². The highest BCUT2D eigenvalue weighted by Gasteiger charge is 2.16. The first-order valence-electron chi connectivity index (χ1n) is 14.7. The molecule has 1 aliphatic rings. The van der Waals surface area contributed by atoms with Gasteiger partial charge in [0.05, 0.1) is 13.2 Å². The normalized spacial score (nSPS) is 13.1. The van der Waals surface area contributed by atoms with Crippen molar-refractivity contribution in [3.63, 3.8) is 0 Å². The van der Waals surface area contributed by atoms with E-state index in [2.05, 4.69) is 41.1 Å². The molecule has 45 heavy (non-hydrogen) atoms. The predicted octanol–water partition coefficient (Wildman–Crippen LogP) is 4.56. The van der Waals surface area contributed by atoms with Gasteiger partial charge in [-0.3, -0.25) is 4.79 Å². The number of hydrogen-bond donors (Lipinski definition) is 4. The maximum Gasteiger partial charge on any atom is 0.323 e. The minimum Gasteiger partial charge on any atom is -0.378 e. The van der Waals surface area contributed by atoms with Crippen molar-refractivity contribution in [1.82, 2.24) is 25.2 Å². The third-order valence-corrected chi connectivity index (χ3v) is 6.81. The van der Waals surface area contributed by atoms with Gasteiger partial charge in [-0.1, -0.05) is 36.4 Å². The van der Waals surface area contributed by atoms with Crippen molar-refractivity contribution < 1.29 is 14.3 Å². The van der Waals surface area contributed by atoms with E-state index in [9.17, 15) is 9.59 Å². The number of ether oxygens (including phenoxy) is 1. The molecule has 0 aliphatic carbocycles. The summed E-state index contributed by atoms with van der Waals surface area (Å²) in [5.74, 6) is 1.37. The molecule has 0 unspecified atom stereocenters. The summed E-state index contributed by atoms with van der Waals surface area (Å²) in [7, 11) is 3.90. The Morgan fingerprint density at radius 1 is 0.822 bits per heavy atom. The number of rotatable bonds is 11. The number of urea groups is 1. The molecule has 5 rings (SSSR count). The van der Waals surface area contributed by atoms with Gasteiger partial charge in [0.15, 0.2) is 5.82 Å². The summed E-state index contributed by atoms with van der Waals surface area (Å²) in [6.45, 7) is 3.94. The molecule has 4 aromatic rings. The number of likely N-dealkylation sites (N-methyl/N-ethyl adjacent to an activating group) is 1. The van der Waals surface area contributed by atoms with Gasteiger partial charge in [0.1, 0.15) is 0 Å². The molecule has 232 valence electrons. The number of amides is 3. The number of anilines is 5. The van der Waals surface area contributed by atoms with Crippen molar-refractivity contribution >= 4 is 53.0 Å². The van der Waals surface area contributed by atoms with Crippen molar-refractivity contribution in [2.24, 2.45) is 0 Å². The van der Waals surface area contributed by atoms with Gasteiger partial charge in [0.25, 0.3) is 5.91 Å². The number of carbonyl (C=O) groups excluding carboxylic acids is 2. The number of hydrogen-bond acceptors (Lipinski definition) is 9. The van der Waals surface area contributed by atoms with Crippen LogP contribution in [0.1, 0.15) is 21.7 Å². The van der Waals surface area contributed by atoms with Crippen molar-refractivity contribution in [2.45, 2.75) is 0 Å². The minimum atomic E-state index is -0.402. The summed E-state index contributed by atoms with van der Waals surface area (Å²) < 4.78 is 5.49. The lowest BCUT2D eigenvalue weighted by molar-refractivity contribution is 0.0951. The molecule has 0 spiro atoms. The Labute approximate surface area is 262 Å². The van der Waals surface area contributed by atoms with Crippen LogP contribution in [0.5, 0.6) is 0 Å². The SMILES string of the molecule is CN(C)CCNC(=O)c1ccc(NC(=O)Nc2ccc(Nc3nc(/C=C/c4ccccc4)nc(N4CCOCC4)n3)cc2)cc1. The number of aromatic nitrogens is 3. The summed E-state index contributed by atoms with van der Waals surface area (Å²) in [5.41, 5.74) is 3.49. The molecule has 1 aromatic heterocycles. The van der Waals surface area contributed by atoms with Crippen molar-refractivity contribution in [3.05, 3.63) is 95.8 Å². The molecule has 0 radical (unpaired) electrons. The molecule has 0 bridgehead atoms. The summed E-state index contributed by atoms with van der Waals surface area (Å²) in [5, 5.41) is 11.7. The Bertz CT molecular complexity index is 1590. The molecular weight excluding hydrogens is 570 g/mol. The van der Waals surface area contributed by atoms with Gasteiger partial charge in [0, 0.05) is 48.8 Å². The topological polar surface area (TPSA) is 137 Å². The third kappa shape index (κ3) is 9.58. The highest BCUT2D eigenvalue weighted by atomic mass is 16.5. The number of nitrogens with zero attached hydrogens (tertiary/aromatic N) is 5. The molecule has 1 saturated heterocycles. The van der Waals surface area contributed by atoms with Crippen LogP contribution in [0.2, 0.25) is 0 Å². The molecule has 12 heteroatoms. The van der Waals surface area contributed by atoms with Gasteiger partial charge in [-0.15, -0.1) is 0 Å². The van der Waals surface area contributed by atoms with E-state index in [4.69, 9.17) is 4.74 Å². The molecule has 12 nitrogen and oxygen atoms in total. The zero-order valence-electron chi connectivity index (χ0n) is 25.4. The maximum absolute atomic E-state index is 12.6. The van der Waals surface area contributed by atoms with Gasteiger partial charge in [-0.05, 0) is 74.3 Å². The number of carbonyl (C=O) groups is 2. The Balaban J connectivity index is 1.19. The molecule has 0 saturated carbocycles. The van der Waals surface area contributed by atoms with E-state index in [1.807, 2.05) is 73.6 Å². The standard InChI is InChI=1S/C33H37N9O3/c1-41(2)19-18-34-30(43)25-9-11-27(12-10-25)36-33(44)37-28-15-13-26(14-16-28)35-31-38-29(17-8-24-6-4-3-5-7-24)39-32(40-31)42-20-22-45-23-21-42/h3-17H,18-23H2,1-2H3,(H,34,43)(H2,36,37,44)(H,35,38,39,40)/b17-8+. The lowest BCUT2D eigenvalue weighted by atomic mass is 10.2. The van der Waals surface area contributed by atoms with Crippen LogP contribution in [-0.4, -0.2) is 85.3 Å². The van der Waals surface area contributed by atoms with Gasteiger partial charge < -0.3 is 35.8 Å². The maximum atomic E-state index is 12.6. The Kier molecular flexibility index (Phi) is 10.7. The average molecular weight is 608 g/mol. The first-order valence-corrected chi connectivity index (χ1v) is 14.7. The van der Waals surface area contributed by atoms with Gasteiger partial charge in [-0.2, -0.15) is 15.0 Å². The predicted molar refractivity (Wildman–Crippen MR) is 178 cm³/mol. The molecule has 3 amide bonds. The summed E-state index contributed by atoms with van der Waals surface area (Å²) in [6, 6.07) is 23.5. The van der Waals surface area contributed by atoms with Crippen LogP contribution >= 0.6 is 0 Å². The summed E-state index contributed by atoms with van der Waals surface area (Å²) in [6.07, 6.45) is 3.83. The largest absolute Gasteiger partial charge is 0.378 e. The van der Waals surface area contributed by atoms with E-state index in [1.54, 1.807) is 36.4 Å². The number of benzene rings is 3. The van der Waals surface area contributed by atoms with Crippen LogP contribution in [0.3, 0.4) is 0 Å². The highest BCUT2D eigenvalue weighted by molar-refractivity contribution is 6.00. The van der Waals surface area contributed by atoms with Gasteiger partial charge in [0.2, 0.25) is 11.9 Å². The molecular formula is C33H37N9O3. The molecule has 0 atom stereocenters. The van der Waals surface area contributed by atoms with E-state index >= 15 is 0 Å². The van der Waals surface area contributed by atoms with Crippen LogP contribution in [0.4, 0.5) is 33.8 Å². The molecule has 3 aromatic carbocycles. The van der Waals surface area contributed by atoms with E-state index < -0.39 is 6.03 Å². The van der Waals surface area contributed by atoms with E-state index in [-0.39, 0.29) is 5.91 Å². The lowest BCUT2D eigenvalue weighted by Gasteiger charge is -2.27. The molecule has 1 fully saturated rings. The smallest absolute Gasteiger partial charge is 0.323 e. The van der Waals surface area contributed by atoms with Gasteiger partial charge in [-0.25, -0.2) is 4.79 Å². The fraction of sp³-hybridized carbons (Fsp3) is 0.242. The van der Waals surface area contributed by atoms with Gasteiger partial charge >= 0.3 is 6.03 Å². The van der Waals surface area contributed by atoms with Crippen LogP contribution in [0, 0.1) is 0 Å². The third-order valence-electron chi connectivity index (χ3n) is 6.81. The van der Waals surface area contributed by atoms with E-state index in [0.29, 0.717) is 67.5 Å². The first kappa shape index (κ1) is 31.1. The summed E-state index contributed by atoms with van der Waals surface area (Å²) in [4.78, 5) is 42.9. The Morgan fingerprint density at radius 3 is 2.13 bits per heavy atom. The zero-order valence-corrected chi connectivity index (χ0v) is 25.4. The first-order chi connectivity index (χ1) is 21.9. The fourth-order valence-corrected chi connectivity index (χ4v) is 4.41. The molecule has 1 aliphatic heterocycles. The quantitative estimate of drug-likeness (QED) is 0.193. The van der Waals surface area contributed by atoms with Crippen LogP contribution in [0.25, 0.3) is 12.2 Å². The molecule has 4 N–H and O–H groups in total. The van der Waals surface area contributed by atoms with Crippen molar-refractivity contribution in [3.8, 4) is 0 Å². The average Bonchev–Trinajstić information content (AvgIpc) is 3.05. The summed E-state index contributed by atoms with van der Waals surface area (Å²) >= 11 is 0. The molecule has 2 heterocycles. The van der Waals surface area contributed by atoms with Crippen molar-refractivity contribution in [2.75, 3.05) is 74.3 Å². The Hall–Kier alpha value is -5.33. The van der Waals surface area contributed by atoms with Crippen molar-refractivity contribution in [1.29, 1.82) is 0 Å². The van der Waals surface area contributed by atoms with E-state index in [1.165, 1.54) is 0 Å². The monoisotopic (exact) mass is 607 g/mol.